The van der Waals surface area contributed by atoms with E-state index in [2.05, 4.69) is 17.6 Å². The first-order valence-electron chi connectivity index (χ1n) is 8.13. The minimum atomic E-state index is -0.294. The van der Waals surface area contributed by atoms with Gasteiger partial charge in [-0.05, 0) is 48.4 Å². The van der Waals surface area contributed by atoms with Gasteiger partial charge in [0.2, 0.25) is 0 Å². The molecule has 0 unspecified atom stereocenters. The molecule has 1 aromatic carbocycles. The van der Waals surface area contributed by atoms with E-state index in [1.54, 1.807) is 23.5 Å². The summed E-state index contributed by atoms with van der Waals surface area (Å²) in [6.07, 6.45) is 4.15. The quantitative estimate of drug-likeness (QED) is 0.864. The molecule has 0 bridgehead atoms. The lowest BCUT2D eigenvalue weighted by atomic mass is 9.85. The Kier molecular flexibility index (Phi) is 3.60. The lowest BCUT2D eigenvalue weighted by Crippen LogP contribution is -2.38. The molecular weight excluding hydrogens is 311 g/mol. The van der Waals surface area contributed by atoms with Crippen molar-refractivity contribution < 1.29 is 9.18 Å². The van der Waals surface area contributed by atoms with Crippen molar-refractivity contribution in [3.05, 3.63) is 51.7 Å². The van der Waals surface area contributed by atoms with Crippen molar-refractivity contribution in [3.63, 3.8) is 0 Å². The minimum absolute atomic E-state index is 0.0134. The van der Waals surface area contributed by atoms with E-state index >= 15 is 0 Å². The van der Waals surface area contributed by atoms with Gasteiger partial charge < -0.3 is 10.6 Å². The zero-order valence-corrected chi connectivity index (χ0v) is 13.8. The molecule has 1 aliphatic carbocycles. The fourth-order valence-electron chi connectivity index (χ4n) is 3.54. The Labute approximate surface area is 138 Å². The Bertz CT molecular complexity index is 753. The predicted molar refractivity (Wildman–Crippen MR) is 90.4 cm³/mol. The number of amides is 1. The zero-order valence-electron chi connectivity index (χ0n) is 13.0. The number of nitrogens with one attached hydrogen (secondary N) is 2. The SMILES string of the molecule is CC[C@H]1CCc2c(sc3c2C(=O)N[C@@H](c2ccc(F)cc2)N3)C1. The highest BCUT2D eigenvalue weighted by molar-refractivity contribution is 7.16. The predicted octanol–water partition coefficient (Wildman–Crippen LogP) is 4.26. The largest absolute Gasteiger partial charge is 0.353 e. The van der Waals surface area contributed by atoms with Crippen LogP contribution in [0.1, 0.15) is 52.3 Å². The second-order valence-electron chi connectivity index (χ2n) is 6.33. The Morgan fingerprint density at radius 2 is 2.04 bits per heavy atom. The molecular formula is C18H19FN2OS. The normalized spacial score (nSPS) is 22.8. The van der Waals surface area contributed by atoms with Crippen molar-refractivity contribution in [1.29, 1.82) is 0 Å². The summed E-state index contributed by atoms with van der Waals surface area (Å²) in [5.41, 5.74) is 2.93. The monoisotopic (exact) mass is 330 g/mol. The lowest BCUT2D eigenvalue weighted by Gasteiger charge is -2.27. The molecule has 0 spiro atoms. The number of hydrogen-bond donors (Lipinski definition) is 2. The summed E-state index contributed by atoms with van der Waals surface area (Å²) in [7, 11) is 0. The molecule has 0 saturated heterocycles. The average Bonchev–Trinajstić information content (AvgIpc) is 2.93. The van der Waals surface area contributed by atoms with Crippen molar-refractivity contribution in [3.8, 4) is 0 Å². The van der Waals surface area contributed by atoms with Gasteiger partial charge in [0.1, 0.15) is 17.0 Å². The highest BCUT2D eigenvalue weighted by Gasteiger charge is 2.33. The number of hydrogen-bond acceptors (Lipinski definition) is 3. The van der Waals surface area contributed by atoms with Crippen LogP contribution in [0.5, 0.6) is 0 Å². The number of fused-ring (bicyclic) bond motifs is 3. The van der Waals surface area contributed by atoms with Crippen LogP contribution < -0.4 is 10.6 Å². The highest BCUT2D eigenvalue weighted by atomic mass is 32.1. The first-order chi connectivity index (χ1) is 11.2. The van der Waals surface area contributed by atoms with E-state index in [4.69, 9.17) is 0 Å². The van der Waals surface area contributed by atoms with Crippen LogP contribution in [0.4, 0.5) is 9.39 Å². The first-order valence-corrected chi connectivity index (χ1v) is 8.94. The van der Waals surface area contributed by atoms with Gasteiger partial charge in [-0.1, -0.05) is 25.5 Å². The lowest BCUT2D eigenvalue weighted by molar-refractivity contribution is 0.0935. The molecule has 120 valence electrons. The summed E-state index contributed by atoms with van der Waals surface area (Å²) >= 11 is 1.72. The van der Waals surface area contributed by atoms with Gasteiger partial charge in [0, 0.05) is 4.88 Å². The van der Waals surface area contributed by atoms with Crippen LogP contribution in [0.3, 0.4) is 0 Å². The van der Waals surface area contributed by atoms with Gasteiger partial charge in [-0.3, -0.25) is 4.79 Å². The maximum Gasteiger partial charge on any atom is 0.256 e. The van der Waals surface area contributed by atoms with Crippen LogP contribution in [0.2, 0.25) is 0 Å². The van der Waals surface area contributed by atoms with E-state index < -0.39 is 0 Å². The standard InChI is InChI=1S/C18H19FN2OS/c1-2-10-3-8-13-14(9-10)23-18-15(13)17(22)20-16(21-18)11-4-6-12(19)7-5-11/h4-7,10,16,21H,2-3,8-9H2,1H3,(H,20,22)/t10-,16+/m0/s1. The third kappa shape index (κ3) is 2.53. The number of benzene rings is 1. The van der Waals surface area contributed by atoms with Crippen LogP contribution >= 0.6 is 11.3 Å². The second kappa shape index (κ2) is 5.64. The van der Waals surface area contributed by atoms with Gasteiger partial charge >= 0.3 is 0 Å². The molecule has 2 atom stereocenters. The summed E-state index contributed by atoms with van der Waals surface area (Å²) in [6, 6.07) is 6.26. The molecule has 2 aliphatic rings. The Morgan fingerprint density at radius 1 is 1.26 bits per heavy atom. The van der Waals surface area contributed by atoms with Crippen LogP contribution in [-0.2, 0) is 12.8 Å². The minimum Gasteiger partial charge on any atom is -0.353 e. The molecule has 5 heteroatoms. The van der Waals surface area contributed by atoms with E-state index in [0.717, 1.165) is 34.9 Å². The Hall–Kier alpha value is -1.88. The van der Waals surface area contributed by atoms with Crippen molar-refractivity contribution in [1.82, 2.24) is 5.32 Å². The second-order valence-corrected chi connectivity index (χ2v) is 7.43. The molecule has 2 aromatic rings. The molecule has 0 radical (unpaired) electrons. The van der Waals surface area contributed by atoms with E-state index in [0.29, 0.717) is 0 Å². The van der Waals surface area contributed by atoms with Crippen LogP contribution in [0.25, 0.3) is 0 Å². The van der Waals surface area contributed by atoms with Gasteiger partial charge in [-0.25, -0.2) is 4.39 Å². The summed E-state index contributed by atoms with van der Waals surface area (Å²) in [5, 5.41) is 7.38. The maximum absolute atomic E-state index is 13.1. The molecule has 0 fully saturated rings. The van der Waals surface area contributed by atoms with E-state index in [9.17, 15) is 9.18 Å². The summed E-state index contributed by atoms with van der Waals surface area (Å²) in [4.78, 5) is 14.0. The Morgan fingerprint density at radius 3 is 2.78 bits per heavy atom. The Balaban J connectivity index is 1.66. The van der Waals surface area contributed by atoms with Crippen molar-refractivity contribution in [2.24, 2.45) is 5.92 Å². The number of halogens is 1. The maximum atomic E-state index is 13.1. The molecule has 4 rings (SSSR count). The topological polar surface area (TPSA) is 41.1 Å². The molecule has 1 aromatic heterocycles. The molecule has 0 saturated carbocycles. The highest BCUT2D eigenvalue weighted by Crippen LogP contribution is 2.43. The smallest absolute Gasteiger partial charge is 0.256 e. The van der Waals surface area contributed by atoms with Crippen LogP contribution in [0.15, 0.2) is 24.3 Å². The molecule has 1 aliphatic heterocycles. The fourth-order valence-corrected chi connectivity index (χ4v) is 4.92. The van der Waals surface area contributed by atoms with Gasteiger partial charge in [-0.2, -0.15) is 0 Å². The molecule has 2 heterocycles. The van der Waals surface area contributed by atoms with Gasteiger partial charge in [-0.15, -0.1) is 11.3 Å². The fraction of sp³-hybridized carbons (Fsp3) is 0.389. The average molecular weight is 330 g/mol. The number of carbonyl (C=O) groups is 1. The third-order valence-electron chi connectivity index (χ3n) is 4.93. The summed E-state index contributed by atoms with van der Waals surface area (Å²) in [5.74, 6) is 0.452. The zero-order chi connectivity index (χ0) is 16.0. The van der Waals surface area contributed by atoms with E-state index in [1.807, 2.05) is 0 Å². The van der Waals surface area contributed by atoms with Crippen LogP contribution in [-0.4, -0.2) is 5.91 Å². The third-order valence-corrected chi connectivity index (χ3v) is 6.11. The molecule has 1 amide bonds. The number of thiophene rings is 1. The summed E-state index contributed by atoms with van der Waals surface area (Å²) in [6.45, 7) is 2.23. The van der Waals surface area contributed by atoms with Gasteiger partial charge in [0.25, 0.3) is 5.91 Å². The molecule has 3 nitrogen and oxygen atoms in total. The van der Waals surface area contributed by atoms with Gasteiger partial charge in [0.05, 0.1) is 5.56 Å². The van der Waals surface area contributed by atoms with E-state index in [1.165, 1.54) is 35.4 Å². The molecule has 23 heavy (non-hydrogen) atoms. The van der Waals surface area contributed by atoms with E-state index in [-0.39, 0.29) is 17.9 Å². The summed E-state index contributed by atoms with van der Waals surface area (Å²) < 4.78 is 13.1. The van der Waals surface area contributed by atoms with Crippen molar-refractivity contribution >= 4 is 22.2 Å². The first kappa shape index (κ1) is 14.7. The van der Waals surface area contributed by atoms with Crippen molar-refractivity contribution in [2.75, 3.05) is 5.32 Å². The van der Waals surface area contributed by atoms with Crippen LogP contribution in [0, 0.1) is 11.7 Å². The molecule has 2 N–H and O–H groups in total. The number of carbonyl (C=O) groups excluding carboxylic acids is 1. The number of anilines is 1. The van der Waals surface area contributed by atoms with Gasteiger partial charge in [0.15, 0.2) is 0 Å². The van der Waals surface area contributed by atoms with Crippen molar-refractivity contribution in [2.45, 2.75) is 38.8 Å². The number of rotatable bonds is 2.